The van der Waals surface area contributed by atoms with Crippen LogP contribution in [0.25, 0.3) is 6.08 Å². The van der Waals surface area contributed by atoms with E-state index in [-0.39, 0.29) is 11.7 Å². The van der Waals surface area contributed by atoms with Crippen LogP contribution in [0.3, 0.4) is 0 Å². The smallest absolute Gasteiger partial charge is 0.270 e. The van der Waals surface area contributed by atoms with Gasteiger partial charge in [-0.1, -0.05) is 24.0 Å². The first-order valence-electron chi connectivity index (χ1n) is 8.10. The van der Waals surface area contributed by atoms with Crippen LogP contribution in [0.1, 0.15) is 5.56 Å². The van der Waals surface area contributed by atoms with Crippen molar-refractivity contribution in [3.8, 4) is 11.5 Å². The van der Waals surface area contributed by atoms with E-state index in [1.54, 1.807) is 13.2 Å². The maximum Gasteiger partial charge on any atom is 0.270 e. The zero-order valence-electron chi connectivity index (χ0n) is 14.3. The minimum atomic E-state index is -0.362. The van der Waals surface area contributed by atoms with Crippen molar-refractivity contribution in [3.05, 3.63) is 70.4 Å². The predicted molar refractivity (Wildman–Crippen MR) is 109 cm³/mol. The van der Waals surface area contributed by atoms with E-state index >= 15 is 0 Å². The molecule has 0 radical (unpaired) electrons. The standard InChI is InChI=1S/C20H14FNO3S2/c1-24-16-7-2-13-8-12(11-25-17(13)10-16)9-18-19(23)22(20(26)27-18)15-5-3-14(21)4-6-15/h2-10H,11H2,1H3/b18-9-. The van der Waals surface area contributed by atoms with Gasteiger partial charge in [0.25, 0.3) is 5.91 Å². The van der Waals surface area contributed by atoms with Crippen LogP contribution in [0.2, 0.25) is 0 Å². The van der Waals surface area contributed by atoms with Crippen molar-refractivity contribution >= 4 is 46.0 Å². The number of benzene rings is 2. The number of hydrogen-bond donors (Lipinski definition) is 0. The molecule has 1 amide bonds. The molecule has 0 unspecified atom stereocenters. The van der Waals surface area contributed by atoms with Gasteiger partial charge < -0.3 is 9.47 Å². The second kappa shape index (κ2) is 7.17. The van der Waals surface area contributed by atoms with Crippen LogP contribution < -0.4 is 14.4 Å². The molecule has 0 spiro atoms. The Morgan fingerprint density at radius 3 is 2.78 bits per heavy atom. The van der Waals surface area contributed by atoms with Gasteiger partial charge in [0.1, 0.15) is 23.9 Å². The summed E-state index contributed by atoms with van der Waals surface area (Å²) in [4.78, 5) is 14.7. The van der Waals surface area contributed by atoms with Gasteiger partial charge in [-0.25, -0.2) is 4.39 Å². The van der Waals surface area contributed by atoms with Crippen molar-refractivity contribution < 1.29 is 18.7 Å². The van der Waals surface area contributed by atoms with Crippen LogP contribution >= 0.6 is 24.0 Å². The van der Waals surface area contributed by atoms with Gasteiger partial charge in [0.15, 0.2) is 4.32 Å². The molecule has 0 atom stereocenters. The summed E-state index contributed by atoms with van der Waals surface area (Å²) in [7, 11) is 1.61. The highest BCUT2D eigenvalue weighted by Gasteiger charge is 2.33. The van der Waals surface area contributed by atoms with Crippen molar-refractivity contribution in [3.63, 3.8) is 0 Å². The van der Waals surface area contributed by atoms with Gasteiger partial charge in [0, 0.05) is 11.6 Å². The molecule has 1 fully saturated rings. The Kier molecular flexibility index (Phi) is 4.72. The Hall–Kier alpha value is -2.64. The Labute approximate surface area is 165 Å². The Morgan fingerprint density at radius 2 is 2.04 bits per heavy atom. The fourth-order valence-corrected chi connectivity index (χ4v) is 4.13. The lowest BCUT2D eigenvalue weighted by molar-refractivity contribution is -0.113. The quantitative estimate of drug-likeness (QED) is 0.559. The summed E-state index contributed by atoms with van der Waals surface area (Å²) in [5, 5.41) is 0. The highest BCUT2D eigenvalue weighted by molar-refractivity contribution is 8.27. The Bertz CT molecular complexity index is 999. The summed E-state index contributed by atoms with van der Waals surface area (Å²) < 4.78 is 24.5. The Balaban J connectivity index is 1.61. The number of thioether (sulfide) groups is 1. The molecule has 7 heteroatoms. The first-order valence-corrected chi connectivity index (χ1v) is 9.32. The molecule has 0 bridgehead atoms. The topological polar surface area (TPSA) is 38.8 Å². The number of amides is 1. The van der Waals surface area contributed by atoms with Gasteiger partial charge >= 0.3 is 0 Å². The summed E-state index contributed by atoms with van der Waals surface area (Å²) in [5.41, 5.74) is 2.34. The van der Waals surface area contributed by atoms with Gasteiger partial charge in [-0.2, -0.15) is 0 Å². The van der Waals surface area contributed by atoms with Gasteiger partial charge in [0.2, 0.25) is 0 Å². The van der Waals surface area contributed by atoms with Crippen LogP contribution in [0.5, 0.6) is 11.5 Å². The summed E-state index contributed by atoms with van der Waals surface area (Å²) >= 11 is 6.56. The van der Waals surface area contributed by atoms with E-state index in [4.69, 9.17) is 21.7 Å². The molecule has 2 aliphatic heterocycles. The van der Waals surface area contributed by atoms with E-state index in [2.05, 4.69) is 0 Å². The van der Waals surface area contributed by atoms with Crippen LogP contribution in [-0.4, -0.2) is 23.9 Å². The first kappa shape index (κ1) is 17.8. The van der Waals surface area contributed by atoms with E-state index in [1.165, 1.54) is 40.9 Å². The number of carbonyl (C=O) groups is 1. The maximum absolute atomic E-state index is 13.1. The fourth-order valence-electron chi connectivity index (χ4n) is 2.82. The fraction of sp³-hybridized carbons (Fsp3) is 0.100. The molecule has 2 heterocycles. The molecule has 2 aromatic carbocycles. The molecule has 4 nitrogen and oxygen atoms in total. The van der Waals surface area contributed by atoms with E-state index < -0.39 is 0 Å². The summed E-state index contributed by atoms with van der Waals surface area (Å²) in [6.07, 6.45) is 3.76. The van der Waals surface area contributed by atoms with E-state index in [0.29, 0.717) is 21.5 Å². The summed E-state index contributed by atoms with van der Waals surface area (Å²) in [6, 6.07) is 11.3. The van der Waals surface area contributed by atoms with E-state index in [9.17, 15) is 9.18 Å². The van der Waals surface area contributed by atoms with Crippen molar-refractivity contribution in [1.29, 1.82) is 0 Å². The maximum atomic E-state index is 13.1. The molecule has 0 aromatic heterocycles. The van der Waals surface area contributed by atoms with Crippen LogP contribution in [0.15, 0.2) is 59.0 Å². The summed E-state index contributed by atoms with van der Waals surface area (Å²) in [5.74, 6) is 0.883. The zero-order valence-corrected chi connectivity index (χ0v) is 15.9. The first-order chi connectivity index (χ1) is 13.0. The SMILES string of the molecule is COc1ccc2c(c1)OCC(/C=C1\SC(=S)N(c3ccc(F)cc3)C1=O)=C2. The number of fused-ring (bicyclic) bond motifs is 1. The van der Waals surface area contributed by atoms with Crippen molar-refractivity contribution in [2.75, 3.05) is 18.6 Å². The minimum absolute atomic E-state index is 0.224. The van der Waals surface area contributed by atoms with Crippen molar-refractivity contribution in [2.24, 2.45) is 0 Å². The van der Waals surface area contributed by atoms with Crippen LogP contribution in [0.4, 0.5) is 10.1 Å². The lowest BCUT2D eigenvalue weighted by atomic mass is 10.1. The predicted octanol–water partition coefficient (Wildman–Crippen LogP) is 4.56. The van der Waals surface area contributed by atoms with Crippen LogP contribution in [0, 0.1) is 5.82 Å². The number of halogens is 1. The molecule has 0 N–H and O–H groups in total. The number of methoxy groups -OCH3 is 1. The summed E-state index contributed by atoms with van der Waals surface area (Å²) in [6.45, 7) is 0.348. The molecule has 2 aromatic rings. The highest BCUT2D eigenvalue weighted by atomic mass is 32.2. The number of thiocarbonyl (C=S) groups is 1. The highest BCUT2D eigenvalue weighted by Crippen LogP contribution is 2.37. The molecular weight excluding hydrogens is 385 g/mol. The molecule has 0 aliphatic carbocycles. The molecule has 2 aliphatic rings. The number of ether oxygens (including phenoxy) is 2. The number of carbonyl (C=O) groups excluding carboxylic acids is 1. The normalized spacial score (nSPS) is 17.6. The number of hydrogen-bond acceptors (Lipinski definition) is 5. The second-order valence-electron chi connectivity index (χ2n) is 5.91. The van der Waals surface area contributed by atoms with E-state index in [0.717, 1.165) is 22.6 Å². The Morgan fingerprint density at radius 1 is 1.26 bits per heavy atom. The zero-order chi connectivity index (χ0) is 19.0. The third kappa shape index (κ3) is 3.48. The second-order valence-corrected chi connectivity index (χ2v) is 7.58. The van der Waals surface area contributed by atoms with Crippen molar-refractivity contribution in [1.82, 2.24) is 0 Å². The van der Waals surface area contributed by atoms with Gasteiger partial charge in [0.05, 0.1) is 17.7 Å². The molecule has 4 rings (SSSR count). The average molecular weight is 399 g/mol. The number of anilines is 1. The lowest BCUT2D eigenvalue weighted by Gasteiger charge is -2.17. The molecule has 0 saturated carbocycles. The largest absolute Gasteiger partial charge is 0.497 e. The minimum Gasteiger partial charge on any atom is -0.497 e. The number of rotatable bonds is 3. The molecular formula is C20H14FNO3S2. The molecule has 1 saturated heterocycles. The molecule has 27 heavy (non-hydrogen) atoms. The van der Waals surface area contributed by atoms with Gasteiger partial charge in [-0.05, 0) is 54.1 Å². The lowest BCUT2D eigenvalue weighted by Crippen LogP contribution is -2.27. The van der Waals surface area contributed by atoms with Crippen molar-refractivity contribution in [2.45, 2.75) is 0 Å². The third-order valence-electron chi connectivity index (χ3n) is 4.15. The number of nitrogens with zero attached hydrogens (tertiary/aromatic N) is 1. The van der Waals surface area contributed by atoms with Gasteiger partial charge in [-0.15, -0.1) is 0 Å². The average Bonchev–Trinajstić information content (AvgIpc) is 2.95. The third-order valence-corrected chi connectivity index (χ3v) is 5.45. The molecule has 136 valence electrons. The van der Waals surface area contributed by atoms with Gasteiger partial charge in [-0.3, -0.25) is 9.69 Å². The monoisotopic (exact) mass is 399 g/mol. The van der Waals surface area contributed by atoms with Crippen LogP contribution in [-0.2, 0) is 4.79 Å². The van der Waals surface area contributed by atoms with E-state index in [1.807, 2.05) is 24.3 Å².